The molecule has 1 aliphatic carbocycles. The van der Waals surface area contributed by atoms with Crippen LogP contribution in [0.2, 0.25) is 0 Å². The molecule has 14 heteroatoms. The third-order valence-electron chi connectivity index (χ3n) is 8.26. The molecule has 1 saturated heterocycles. The van der Waals surface area contributed by atoms with Crippen LogP contribution < -0.4 is 10.6 Å². The number of rotatable bonds is 22. The summed E-state index contributed by atoms with van der Waals surface area (Å²) in [5.74, 6) is -2.00. The van der Waals surface area contributed by atoms with Crippen LogP contribution in [-0.2, 0) is 49.3 Å². The number of hydrogen-bond donors (Lipinski definition) is 2. The third-order valence-corrected chi connectivity index (χ3v) is 8.26. The van der Waals surface area contributed by atoms with E-state index in [0.29, 0.717) is 82.6 Å². The second-order valence-corrected chi connectivity index (χ2v) is 11.9. The Morgan fingerprint density at radius 3 is 2.16 bits per heavy atom. The molecule has 2 aliphatic rings. The van der Waals surface area contributed by atoms with Crippen molar-refractivity contribution in [1.82, 2.24) is 15.7 Å². The molecule has 2 aromatic carbocycles. The van der Waals surface area contributed by atoms with Gasteiger partial charge in [-0.15, -0.1) is 0 Å². The van der Waals surface area contributed by atoms with E-state index < -0.39 is 23.9 Å². The normalized spacial score (nSPS) is 14.8. The van der Waals surface area contributed by atoms with Crippen molar-refractivity contribution in [2.45, 2.75) is 50.9 Å². The molecule has 272 valence electrons. The highest BCUT2D eigenvalue weighted by Gasteiger charge is 2.36. The first-order chi connectivity index (χ1) is 24.3. The summed E-state index contributed by atoms with van der Waals surface area (Å²) in [6.45, 7) is 3.72. The van der Waals surface area contributed by atoms with Gasteiger partial charge in [0.15, 0.2) is 0 Å². The van der Waals surface area contributed by atoms with Crippen molar-refractivity contribution in [3.63, 3.8) is 0 Å². The molecule has 2 aromatic rings. The number of methoxy groups -OCH3 is 2. The molecule has 1 fully saturated rings. The number of nitrogens with one attached hydrogen (secondary N) is 2. The molecule has 1 heterocycles. The molecule has 14 nitrogen and oxygen atoms in total. The Bertz CT molecular complexity index is 1470. The van der Waals surface area contributed by atoms with E-state index in [1.54, 1.807) is 26.4 Å². The molecule has 0 spiro atoms. The minimum absolute atomic E-state index is 0.0333. The number of fused-ring (bicyclic) bond motifs is 3. The molecule has 1 aliphatic heterocycles. The van der Waals surface area contributed by atoms with Gasteiger partial charge in [-0.05, 0) is 59.6 Å². The summed E-state index contributed by atoms with van der Waals surface area (Å²) in [6.07, 6.45) is 1.89. The second kappa shape index (κ2) is 20.3. The Balaban J connectivity index is 1.41. The summed E-state index contributed by atoms with van der Waals surface area (Å²) < 4.78 is 26.5. The fourth-order valence-electron chi connectivity index (χ4n) is 5.84. The predicted molar refractivity (Wildman–Crippen MR) is 180 cm³/mol. The fraction of sp³-hybridized carbons (Fsp3) is 0.528. The molecule has 1 atom stereocenters. The lowest BCUT2D eigenvalue weighted by Crippen LogP contribution is -2.32. The zero-order valence-electron chi connectivity index (χ0n) is 28.8. The van der Waals surface area contributed by atoms with E-state index in [1.165, 1.54) is 0 Å². The van der Waals surface area contributed by atoms with Crippen LogP contribution in [0, 0.1) is 0 Å². The zero-order valence-corrected chi connectivity index (χ0v) is 28.8. The van der Waals surface area contributed by atoms with Gasteiger partial charge >= 0.3 is 6.16 Å². The Morgan fingerprint density at radius 2 is 1.48 bits per heavy atom. The van der Waals surface area contributed by atoms with Crippen molar-refractivity contribution in [2.24, 2.45) is 0 Å². The monoisotopic (exact) mass is 697 g/mol. The van der Waals surface area contributed by atoms with E-state index in [2.05, 4.69) is 10.6 Å². The summed E-state index contributed by atoms with van der Waals surface area (Å²) in [4.78, 5) is 67.1. The van der Waals surface area contributed by atoms with Crippen molar-refractivity contribution in [3.8, 4) is 11.1 Å². The number of amides is 4. The van der Waals surface area contributed by atoms with Gasteiger partial charge in [0.05, 0.1) is 13.2 Å². The lowest BCUT2D eigenvalue weighted by molar-refractivity contribution is -0.177. The van der Waals surface area contributed by atoms with Crippen molar-refractivity contribution in [1.29, 1.82) is 0 Å². The van der Waals surface area contributed by atoms with Crippen LogP contribution >= 0.6 is 0 Å². The Labute approximate surface area is 292 Å². The molecular weight excluding hydrogens is 650 g/mol. The van der Waals surface area contributed by atoms with Crippen LogP contribution in [0.1, 0.15) is 71.5 Å². The van der Waals surface area contributed by atoms with E-state index in [1.807, 2.05) is 24.3 Å². The minimum atomic E-state index is -1.18. The number of hydrogen-bond acceptors (Lipinski definition) is 11. The predicted octanol–water partition coefficient (Wildman–Crippen LogP) is 3.29. The molecule has 0 saturated carbocycles. The molecule has 0 bridgehead atoms. The average Bonchev–Trinajstić information content (AvgIpc) is 3.60. The number of ether oxygens (including phenoxy) is 5. The van der Waals surface area contributed by atoms with Gasteiger partial charge in [-0.25, -0.2) is 4.79 Å². The Kier molecular flexibility index (Phi) is 15.6. The quantitative estimate of drug-likeness (QED) is 0.105. The van der Waals surface area contributed by atoms with Gasteiger partial charge in [0.25, 0.3) is 17.7 Å². The van der Waals surface area contributed by atoms with Gasteiger partial charge in [0, 0.05) is 84.5 Å². The molecule has 50 heavy (non-hydrogen) atoms. The molecule has 4 rings (SSSR count). The van der Waals surface area contributed by atoms with Crippen LogP contribution in [-0.4, -0.2) is 108 Å². The van der Waals surface area contributed by atoms with Gasteiger partial charge < -0.3 is 34.3 Å². The minimum Gasteiger partial charge on any atom is -0.432 e. The molecule has 0 aromatic heterocycles. The van der Waals surface area contributed by atoms with E-state index in [0.717, 1.165) is 40.7 Å². The van der Waals surface area contributed by atoms with E-state index in [4.69, 9.17) is 28.5 Å². The van der Waals surface area contributed by atoms with E-state index >= 15 is 0 Å². The number of imide groups is 1. The molecule has 4 amide bonds. The summed E-state index contributed by atoms with van der Waals surface area (Å²) in [7, 11) is 3.27. The molecule has 2 N–H and O–H groups in total. The Morgan fingerprint density at radius 1 is 0.800 bits per heavy atom. The maximum atomic E-state index is 13.4. The average molecular weight is 698 g/mol. The lowest BCUT2D eigenvalue weighted by Gasteiger charge is -2.17. The summed E-state index contributed by atoms with van der Waals surface area (Å²) >= 11 is 0. The van der Waals surface area contributed by atoms with Gasteiger partial charge in [-0.1, -0.05) is 35.4 Å². The van der Waals surface area contributed by atoms with Crippen LogP contribution in [0.3, 0.4) is 0 Å². The number of nitrogens with zero attached hydrogens (tertiary/aromatic N) is 1. The van der Waals surface area contributed by atoms with Crippen molar-refractivity contribution < 1.29 is 52.5 Å². The largest absolute Gasteiger partial charge is 0.533 e. The summed E-state index contributed by atoms with van der Waals surface area (Å²) in [5.41, 5.74) is 4.61. The van der Waals surface area contributed by atoms with Gasteiger partial charge in [0.2, 0.25) is 5.91 Å². The van der Waals surface area contributed by atoms with Crippen molar-refractivity contribution in [3.05, 3.63) is 58.7 Å². The van der Waals surface area contributed by atoms with E-state index in [-0.39, 0.29) is 31.3 Å². The molecule has 1 unspecified atom stereocenters. The Hall–Kier alpha value is -4.37. The van der Waals surface area contributed by atoms with Crippen LogP contribution in [0.4, 0.5) is 4.79 Å². The van der Waals surface area contributed by atoms with Gasteiger partial charge in [0.1, 0.15) is 6.61 Å². The van der Waals surface area contributed by atoms with Gasteiger partial charge in [-0.3, -0.25) is 24.0 Å². The maximum absolute atomic E-state index is 13.4. The standard InChI is InChI=1S/C36H47N3O11/c1-45-17-5-19-47-21-15-37-31(40)10-3-7-25-11-12-27-29(23-25)30(24-49-36(44)50-39-32(41)13-14-33(39)42)26-8-4-9-28(34(26)27)35(43)38-16-22-48-20-6-18-46-2/h4,8-9,11-12,23,30H,3,5-7,10,13-22,24H2,1-2H3,(H,37,40)(H,38,43). The maximum Gasteiger partial charge on any atom is 0.533 e. The van der Waals surface area contributed by atoms with Crippen molar-refractivity contribution >= 4 is 29.8 Å². The molecular formula is C36H47N3O11. The zero-order chi connectivity index (χ0) is 35.7. The second-order valence-electron chi connectivity index (χ2n) is 11.9. The number of hydroxylamine groups is 2. The van der Waals surface area contributed by atoms with Crippen LogP contribution in [0.5, 0.6) is 0 Å². The molecule has 0 radical (unpaired) electrons. The summed E-state index contributed by atoms with van der Waals surface area (Å²) in [5, 5.41) is 6.23. The van der Waals surface area contributed by atoms with Crippen LogP contribution in [0.15, 0.2) is 36.4 Å². The fourth-order valence-corrected chi connectivity index (χ4v) is 5.84. The first-order valence-electron chi connectivity index (χ1n) is 17.0. The first-order valence-corrected chi connectivity index (χ1v) is 17.0. The first kappa shape index (κ1) is 38.4. The third kappa shape index (κ3) is 11.1. The number of carbonyl (C=O) groups excluding carboxylic acids is 5. The SMILES string of the molecule is COCCCOCCNC(=O)CCCc1ccc2c(c1)C(COC(=O)ON1C(=O)CCC1=O)c1cccc(C(=O)NCCOCCCOC)c1-2. The number of benzene rings is 2. The highest BCUT2D eigenvalue weighted by molar-refractivity contribution is 6.03. The van der Waals surface area contributed by atoms with Gasteiger partial charge in [-0.2, -0.15) is 0 Å². The number of aryl methyl sites for hydroxylation is 1. The summed E-state index contributed by atoms with van der Waals surface area (Å²) in [6, 6.07) is 11.3. The highest BCUT2D eigenvalue weighted by atomic mass is 16.8. The topological polar surface area (TPSA) is 168 Å². The van der Waals surface area contributed by atoms with E-state index in [9.17, 15) is 24.0 Å². The number of carbonyl (C=O) groups is 5. The smallest absolute Gasteiger partial charge is 0.432 e. The lowest BCUT2D eigenvalue weighted by atomic mass is 9.95. The van der Waals surface area contributed by atoms with Crippen LogP contribution in [0.25, 0.3) is 11.1 Å². The van der Waals surface area contributed by atoms with Crippen molar-refractivity contribution in [2.75, 3.05) is 73.6 Å². The highest BCUT2D eigenvalue weighted by Crippen LogP contribution is 2.47.